The first kappa shape index (κ1) is 21.7. The van der Waals surface area contributed by atoms with Gasteiger partial charge in [0.05, 0.1) is 0 Å². The number of aromatic nitrogens is 4. The van der Waals surface area contributed by atoms with Crippen LogP contribution >= 0.6 is 11.8 Å². The first-order valence-electron chi connectivity index (χ1n) is 11.0. The molecule has 4 aromatic rings. The summed E-state index contributed by atoms with van der Waals surface area (Å²) in [7, 11) is 2.17. The van der Waals surface area contributed by atoms with Gasteiger partial charge >= 0.3 is 0 Å². The van der Waals surface area contributed by atoms with Crippen LogP contribution in [0.25, 0.3) is 5.78 Å². The van der Waals surface area contributed by atoms with Crippen molar-refractivity contribution in [2.24, 2.45) is 0 Å². The number of fused-ring (bicyclic) bond motifs is 1. The summed E-state index contributed by atoms with van der Waals surface area (Å²) < 4.78 is 14.9. The lowest BCUT2D eigenvalue weighted by atomic mass is 10.2. The number of nitrogens with one attached hydrogen (secondary N) is 1. The highest BCUT2D eigenvalue weighted by atomic mass is 32.2. The molecule has 7 nitrogen and oxygen atoms in total. The number of thioether (sulfide) groups is 1. The van der Waals surface area contributed by atoms with E-state index in [0.29, 0.717) is 16.7 Å². The Morgan fingerprint density at radius 2 is 1.70 bits per heavy atom. The van der Waals surface area contributed by atoms with Crippen molar-refractivity contribution >= 4 is 34.7 Å². The van der Waals surface area contributed by atoms with Crippen LogP contribution in [0.15, 0.2) is 59.8 Å². The summed E-state index contributed by atoms with van der Waals surface area (Å²) in [4.78, 5) is 13.9. The summed E-state index contributed by atoms with van der Waals surface area (Å²) in [5.41, 5.74) is 4.10. The highest BCUT2D eigenvalue weighted by Gasteiger charge is 2.15. The Kier molecular flexibility index (Phi) is 6.15. The Labute approximate surface area is 196 Å². The van der Waals surface area contributed by atoms with Crippen molar-refractivity contribution in [2.75, 3.05) is 43.4 Å². The Hall–Kier alpha value is -3.17. The molecule has 9 heteroatoms. The SMILES string of the molecule is Cc1cc(Nc2ccc(N3CCN(C)CC3)cc2)n2nc(SCc3ccc(F)cc3)nc2n1. The van der Waals surface area contributed by atoms with Gasteiger partial charge in [0.15, 0.2) is 0 Å². The molecule has 3 heterocycles. The van der Waals surface area contributed by atoms with Gasteiger partial charge in [-0.3, -0.25) is 0 Å². The molecular weight excluding hydrogens is 437 g/mol. The van der Waals surface area contributed by atoms with E-state index in [1.807, 2.05) is 13.0 Å². The first-order chi connectivity index (χ1) is 16.0. The molecule has 0 bridgehead atoms. The van der Waals surface area contributed by atoms with Crippen LogP contribution in [-0.2, 0) is 5.75 Å². The van der Waals surface area contributed by atoms with Crippen LogP contribution in [-0.4, -0.2) is 57.7 Å². The molecule has 1 saturated heterocycles. The van der Waals surface area contributed by atoms with E-state index < -0.39 is 0 Å². The molecule has 2 aromatic heterocycles. The lowest BCUT2D eigenvalue weighted by molar-refractivity contribution is 0.313. The summed E-state index contributed by atoms with van der Waals surface area (Å²) >= 11 is 1.50. The van der Waals surface area contributed by atoms with Crippen LogP contribution < -0.4 is 10.2 Å². The van der Waals surface area contributed by atoms with Crippen molar-refractivity contribution in [3.05, 3.63) is 71.7 Å². The number of halogens is 1. The zero-order valence-electron chi connectivity index (χ0n) is 18.7. The van der Waals surface area contributed by atoms with Crippen LogP contribution in [0.1, 0.15) is 11.3 Å². The molecule has 0 saturated carbocycles. The number of likely N-dealkylation sites (N-methyl/N-ethyl adjacent to an activating group) is 1. The fourth-order valence-corrected chi connectivity index (χ4v) is 4.59. The van der Waals surface area contributed by atoms with E-state index in [4.69, 9.17) is 0 Å². The number of benzene rings is 2. The smallest absolute Gasteiger partial charge is 0.255 e. The van der Waals surface area contributed by atoms with E-state index in [0.717, 1.165) is 48.9 Å². The largest absolute Gasteiger partial charge is 0.369 e. The lowest BCUT2D eigenvalue weighted by Gasteiger charge is -2.34. The quantitative estimate of drug-likeness (QED) is 0.426. The average molecular weight is 464 g/mol. The number of nitrogens with zero attached hydrogens (tertiary/aromatic N) is 6. The molecule has 5 rings (SSSR count). The molecule has 0 amide bonds. The summed E-state index contributed by atoms with van der Waals surface area (Å²) in [5.74, 6) is 1.79. The van der Waals surface area contributed by atoms with Crippen LogP contribution in [0, 0.1) is 12.7 Å². The fraction of sp³-hybridized carbons (Fsp3) is 0.292. The maximum Gasteiger partial charge on any atom is 0.255 e. The van der Waals surface area contributed by atoms with Crippen molar-refractivity contribution in [2.45, 2.75) is 17.8 Å². The number of piperazine rings is 1. The number of hydrogen-bond acceptors (Lipinski definition) is 7. The topological polar surface area (TPSA) is 61.6 Å². The fourth-order valence-electron chi connectivity index (χ4n) is 3.82. The van der Waals surface area contributed by atoms with Crippen LogP contribution in [0.3, 0.4) is 0 Å². The zero-order chi connectivity index (χ0) is 22.8. The molecule has 33 heavy (non-hydrogen) atoms. The monoisotopic (exact) mass is 463 g/mol. The molecule has 0 spiro atoms. The van der Waals surface area contributed by atoms with Crippen molar-refractivity contribution in [1.82, 2.24) is 24.5 Å². The van der Waals surface area contributed by atoms with Gasteiger partial charge in [-0.05, 0) is 55.9 Å². The predicted molar refractivity (Wildman–Crippen MR) is 131 cm³/mol. The van der Waals surface area contributed by atoms with Gasteiger partial charge in [-0.25, -0.2) is 9.37 Å². The van der Waals surface area contributed by atoms with Crippen LogP contribution in [0.5, 0.6) is 0 Å². The van der Waals surface area contributed by atoms with Gasteiger partial charge in [0.25, 0.3) is 5.78 Å². The summed E-state index contributed by atoms with van der Waals surface area (Å²) in [6.07, 6.45) is 0. The van der Waals surface area contributed by atoms with Crippen molar-refractivity contribution < 1.29 is 4.39 Å². The third kappa shape index (κ3) is 5.09. The number of aryl methyl sites for hydroxylation is 1. The van der Waals surface area contributed by atoms with Crippen molar-refractivity contribution in [3.8, 4) is 0 Å². The third-order valence-corrected chi connectivity index (χ3v) is 6.62. The second-order valence-corrected chi connectivity index (χ2v) is 9.21. The summed E-state index contributed by atoms with van der Waals surface area (Å²) in [6, 6.07) is 17.0. The number of anilines is 3. The Morgan fingerprint density at radius 1 is 0.970 bits per heavy atom. The molecule has 0 radical (unpaired) electrons. The molecular formula is C24H26FN7S. The second kappa shape index (κ2) is 9.36. The minimum atomic E-state index is -0.235. The van der Waals surface area contributed by atoms with Gasteiger partial charge < -0.3 is 15.1 Å². The Balaban J connectivity index is 1.31. The van der Waals surface area contributed by atoms with Gasteiger partial charge in [0, 0.05) is 55.1 Å². The van der Waals surface area contributed by atoms with E-state index in [-0.39, 0.29) is 5.82 Å². The molecule has 170 valence electrons. The van der Waals surface area contributed by atoms with Crippen molar-refractivity contribution in [1.29, 1.82) is 0 Å². The summed E-state index contributed by atoms with van der Waals surface area (Å²) in [6.45, 7) is 6.21. The van der Waals surface area contributed by atoms with Crippen LogP contribution in [0.4, 0.5) is 21.6 Å². The van der Waals surface area contributed by atoms with Crippen molar-refractivity contribution in [3.63, 3.8) is 0 Å². The molecule has 1 aliphatic heterocycles. The van der Waals surface area contributed by atoms with E-state index in [1.54, 1.807) is 16.6 Å². The lowest BCUT2D eigenvalue weighted by Crippen LogP contribution is -2.44. The highest BCUT2D eigenvalue weighted by Crippen LogP contribution is 2.25. The normalized spacial score (nSPS) is 14.7. The zero-order valence-corrected chi connectivity index (χ0v) is 19.5. The molecule has 0 atom stereocenters. The van der Waals surface area contributed by atoms with E-state index in [1.165, 1.54) is 29.6 Å². The van der Waals surface area contributed by atoms with E-state index in [9.17, 15) is 4.39 Å². The van der Waals surface area contributed by atoms with E-state index >= 15 is 0 Å². The minimum absolute atomic E-state index is 0.235. The second-order valence-electron chi connectivity index (χ2n) is 8.27. The average Bonchev–Trinajstić information content (AvgIpc) is 3.23. The molecule has 1 aliphatic rings. The highest BCUT2D eigenvalue weighted by molar-refractivity contribution is 7.98. The van der Waals surface area contributed by atoms with Gasteiger partial charge in [-0.2, -0.15) is 9.50 Å². The third-order valence-electron chi connectivity index (χ3n) is 5.71. The maximum absolute atomic E-state index is 13.1. The number of rotatable bonds is 6. The van der Waals surface area contributed by atoms with E-state index in [2.05, 4.69) is 61.5 Å². The Bertz CT molecular complexity index is 1230. The number of hydrogen-bond donors (Lipinski definition) is 1. The Morgan fingerprint density at radius 3 is 2.42 bits per heavy atom. The first-order valence-corrected chi connectivity index (χ1v) is 11.9. The predicted octanol–water partition coefficient (Wildman–Crippen LogP) is 4.36. The molecule has 1 fully saturated rings. The van der Waals surface area contributed by atoms with Crippen LogP contribution in [0.2, 0.25) is 0 Å². The molecule has 1 N–H and O–H groups in total. The van der Waals surface area contributed by atoms with Gasteiger partial charge in [-0.1, -0.05) is 23.9 Å². The van der Waals surface area contributed by atoms with Gasteiger partial charge in [0.1, 0.15) is 11.6 Å². The molecule has 2 aromatic carbocycles. The molecule has 0 unspecified atom stereocenters. The maximum atomic E-state index is 13.1. The van der Waals surface area contributed by atoms with Gasteiger partial charge in [0.2, 0.25) is 5.16 Å². The standard InChI is InChI=1S/C24H26FN7S/c1-17-15-22(27-20-7-9-21(10-8-20)31-13-11-30(2)12-14-31)32-23(26-17)28-24(29-32)33-16-18-3-5-19(25)6-4-18/h3-10,15,27H,11-14,16H2,1-2H3. The summed E-state index contributed by atoms with van der Waals surface area (Å²) in [5, 5.41) is 8.73. The minimum Gasteiger partial charge on any atom is -0.369 e. The van der Waals surface area contributed by atoms with Gasteiger partial charge in [-0.15, -0.1) is 5.10 Å². The molecule has 0 aliphatic carbocycles.